The zero-order valence-electron chi connectivity index (χ0n) is 24.1. The summed E-state index contributed by atoms with van der Waals surface area (Å²) in [6, 6.07) is 29.5. The number of benzene rings is 3. The molecule has 1 N–H and O–H groups in total. The summed E-state index contributed by atoms with van der Waals surface area (Å²) in [6.45, 7) is 9.33. The van der Waals surface area contributed by atoms with Crippen molar-refractivity contribution < 1.29 is 4.79 Å². The van der Waals surface area contributed by atoms with Crippen molar-refractivity contribution >= 4 is 16.9 Å². The van der Waals surface area contributed by atoms with Gasteiger partial charge in [0.1, 0.15) is 0 Å². The summed E-state index contributed by atoms with van der Waals surface area (Å²) < 4.78 is 3.29. The Hall–Kier alpha value is -3.48. The number of aromatic nitrogens is 2. The summed E-state index contributed by atoms with van der Waals surface area (Å²) in [6.07, 6.45) is 3.88. The summed E-state index contributed by atoms with van der Waals surface area (Å²) in [5, 5.41) is 3.71. The molecule has 1 saturated heterocycles. The average molecular weight is 539 g/mol. The van der Waals surface area contributed by atoms with Crippen LogP contribution in [0.5, 0.6) is 0 Å². The molecule has 3 aromatic carbocycles. The lowest BCUT2D eigenvalue weighted by atomic mass is 9.95. The zero-order chi connectivity index (χ0) is 28.1. The Labute approximate surface area is 237 Å². The molecule has 4 aromatic rings. The Balaban J connectivity index is 1.28. The molecule has 1 aliphatic heterocycles. The number of hydrogen-bond acceptors (Lipinski definition) is 4. The predicted molar refractivity (Wildman–Crippen MR) is 163 cm³/mol. The fourth-order valence-corrected chi connectivity index (χ4v) is 5.95. The maximum Gasteiger partial charge on any atom is 0.336 e. The van der Waals surface area contributed by atoms with Crippen molar-refractivity contribution in [1.82, 2.24) is 19.4 Å². The van der Waals surface area contributed by atoms with Gasteiger partial charge in [-0.25, -0.2) is 9.36 Å². The second kappa shape index (κ2) is 12.4. The molecule has 1 unspecified atom stereocenters. The van der Waals surface area contributed by atoms with E-state index in [4.69, 9.17) is 0 Å². The molecule has 6 nitrogen and oxygen atoms in total. The fraction of sp³-hybridized carbons (Fsp3) is 0.412. The minimum Gasteiger partial charge on any atom is -0.314 e. The molecule has 6 heteroatoms. The first-order valence-electron chi connectivity index (χ1n) is 14.6. The van der Waals surface area contributed by atoms with Gasteiger partial charge in [-0.15, -0.1) is 0 Å². The monoisotopic (exact) mass is 538 g/mol. The van der Waals surface area contributed by atoms with Gasteiger partial charge in [-0.05, 0) is 62.0 Å². The lowest BCUT2D eigenvalue weighted by Gasteiger charge is -2.32. The third-order valence-corrected chi connectivity index (χ3v) is 7.98. The van der Waals surface area contributed by atoms with Gasteiger partial charge >= 0.3 is 5.69 Å². The van der Waals surface area contributed by atoms with Crippen LogP contribution in [-0.2, 0) is 13.1 Å². The molecule has 0 radical (unpaired) electrons. The van der Waals surface area contributed by atoms with Gasteiger partial charge in [0.25, 0.3) is 0 Å². The molecular formula is C34H42N4O2. The second-order valence-corrected chi connectivity index (χ2v) is 12.2. The minimum absolute atomic E-state index is 0.0717. The smallest absolute Gasteiger partial charge is 0.314 e. The highest BCUT2D eigenvalue weighted by Crippen LogP contribution is 2.28. The molecule has 0 saturated carbocycles. The van der Waals surface area contributed by atoms with E-state index in [1.54, 1.807) is 0 Å². The van der Waals surface area contributed by atoms with Crippen LogP contribution in [0.1, 0.15) is 68.4 Å². The Kier molecular flexibility index (Phi) is 8.67. The molecule has 0 bridgehead atoms. The molecule has 2 atom stereocenters. The van der Waals surface area contributed by atoms with Crippen LogP contribution >= 0.6 is 0 Å². The van der Waals surface area contributed by atoms with Crippen molar-refractivity contribution in [1.29, 1.82) is 0 Å². The third-order valence-electron chi connectivity index (χ3n) is 7.98. The summed E-state index contributed by atoms with van der Waals surface area (Å²) in [5.41, 5.74) is 3.38. The van der Waals surface area contributed by atoms with E-state index in [1.165, 1.54) is 15.7 Å². The van der Waals surface area contributed by atoms with Crippen LogP contribution in [0.15, 0.2) is 89.7 Å². The molecule has 0 aliphatic carbocycles. The van der Waals surface area contributed by atoms with Gasteiger partial charge in [0.05, 0.1) is 11.0 Å². The number of nitrogens with one attached hydrogen (secondary N) is 1. The van der Waals surface area contributed by atoms with Gasteiger partial charge in [0.15, 0.2) is 0 Å². The number of hydrogen-bond donors (Lipinski definition) is 1. The van der Waals surface area contributed by atoms with Crippen LogP contribution in [0.2, 0.25) is 0 Å². The molecule has 1 aromatic heterocycles. The average Bonchev–Trinajstić information content (AvgIpc) is 3.24. The maximum atomic E-state index is 13.7. The van der Waals surface area contributed by atoms with Crippen molar-refractivity contribution in [2.24, 2.45) is 5.41 Å². The predicted octanol–water partition coefficient (Wildman–Crippen LogP) is 6.27. The number of para-hydroxylation sites is 2. The highest BCUT2D eigenvalue weighted by atomic mass is 16.2. The van der Waals surface area contributed by atoms with E-state index in [-0.39, 0.29) is 17.6 Å². The second-order valence-electron chi connectivity index (χ2n) is 12.2. The molecule has 2 heterocycles. The summed E-state index contributed by atoms with van der Waals surface area (Å²) in [7, 11) is 0. The van der Waals surface area contributed by atoms with Crippen molar-refractivity contribution in [2.45, 2.75) is 71.6 Å². The first-order chi connectivity index (χ1) is 19.3. The normalized spacial score (nSPS) is 17.9. The van der Waals surface area contributed by atoms with E-state index in [0.717, 1.165) is 57.4 Å². The van der Waals surface area contributed by atoms with Crippen LogP contribution in [0.3, 0.4) is 0 Å². The largest absolute Gasteiger partial charge is 0.336 e. The lowest BCUT2D eigenvalue weighted by Crippen LogP contribution is -2.43. The van der Waals surface area contributed by atoms with Gasteiger partial charge in [-0.3, -0.25) is 14.3 Å². The van der Waals surface area contributed by atoms with Crippen LogP contribution in [0, 0.1) is 5.41 Å². The highest BCUT2D eigenvalue weighted by molar-refractivity contribution is 5.93. The number of carbonyl (C=O) groups excluding carboxylic acids is 1. The number of piperidine rings is 1. The van der Waals surface area contributed by atoms with Crippen molar-refractivity contribution in [2.75, 3.05) is 13.1 Å². The van der Waals surface area contributed by atoms with Crippen LogP contribution in [-0.4, -0.2) is 39.1 Å². The molecule has 1 aliphatic rings. The maximum absolute atomic E-state index is 13.7. The van der Waals surface area contributed by atoms with Gasteiger partial charge in [-0.2, -0.15) is 0 Å². The summed E-state index contributed by atoms with van der Waals surface area (Å²) >= 11 is 0. The number of nitrogens with zero attached hydrogens (tertiary/aromatic N) is 3. The van der Waals surface area contributed by atoms with Gasteiger partial charge in [-0.1, -0.05) is 93.6 Å². The highest BCUT2D eigenvalue weighted by Gasteiger charge is 2.31. The molecule has 5 rings (SSSR count). The van der Waals surface area contributed by atoms with Gasteiger partial charge < -0.3 is 5.32 Å². The van der Waals surface area contributed by atoms with Crippen molar-refractivity contribution in [3.05, 3.63) is 107 Å². The Morgan fingerprint density at radius 2 is 1.45 bits per heavy atom. The van der Waals surface area contributed by atoms with E-state index in [0.29, 0.717) is 11.6 Å². The zero-order valence-corrected chi connectivity index (χ0v) is 24.1. The minimum atomic E-state index is -0.638. The lowest BCUT2D eigenvalue weighted by molar-refractivity contribution is 0.0766. The SMILES string of the molecule is CC(C)(C)C(=O)n1c(=O)n([C@H]2CCNC(CCCN(Cc3ccccc3)Cc3ccccc3)C2)c2ccccc21. The fourth-order valence-electron chi connectivity index (χ4n) is 5.95. The third kappa shape index (κ3) is 6.45. The number of imidazole rings is 1. The Morgan fingerprint density at radius 1 is 0.875 bits per heavy atom. The Morgan fingerprint density at radius 3 is 2.05 bits per heavy atom. The van der Waals surface area contributed by atoms with Crippen LogP contribution in [0.25, 0.3) is 11.0 Å². The molecular weight excluding hydrogens is 496 g/mol. The van der Waals surface area contributed by atoms with E-state index in [2.05, 4.69) is 70.9 Å². The van der Waals surface area contributed by atoms with Gasteiger partial charge in [0, 0.05) is 30.6 Å². The van der Waals surface area contributed by atoms with Crippen LogP contribution < -0.4 is 11.0 Å². The first kappa shape index (κ1) is 28.1. The standard InChI is InChI=1S/C34H42N4O2/c1-34(2,3)32(39)38-31-19-11-10-18-30(31)37(33(38)40)29-20-21-35-28(23-29)17-12-22-36(24-26-13-6-4-7-14-26)25-27-15-8-5-9-16-27/h4-11,13-16,18-19,28-29,35H,12,17,20-25H2,1-3H3/t28?,29-/m0/s1. The topological polar surface area (TPSA) is 59.3 Å². The molecule has 1 fully saturated rings. The number of rotatable bonds is 9. The van der Waals surface area contributed by atoms with Crippen molar-refractivity contribution in [3.63, 3.8) is 0 Å². The van der Waals surface area contributed by atoms with Gasteiger partial charge in [0.2, 0.25) is 5.91 Å². The first-order valence-corrected chi connectivity index (χ1v) is 14.6. The van der Waals surface area contributed by atoms with Crippen LogP contribution in [0.4, 0.5) is 0 Å². The molecule has 0 spiro atoms. The molecule has 40 heavy (non-hydrogen) atoms. The molecule has 0 amide bonds. The number of fused-ring (bicyclic) bond motifs is 1. The number of carbonyl (C=O) groups is 1. The quantitative estimate of drug-likeness (QED) is 0.273. The van der Waals surface area contributed by atoms with Crippen molar-refractivity contribution in [3.8, 4) is 0 Å². The summed E-state index contributed by atoms with van der Waals surface area (Å²) in [5.74, 6) is -0.158. The molecule has 210 valence electrons. The Bertz CT molecular complexity index is 1430. The van der Waals surface area contributed by atoms with E-state index < -0.39 is 5.41 Å². The van der Waals surface area contributed by atoms with E-state index in [1.807, 2.05) is 49.6 Å². The van der Waals surface area contributed by atoms with E-state index >= 15 is 0 Å². The van der Waals surface area contributed by atoms with E-state index in [9.17, 15) is 9.59 Å². The summed E-state index contributed by atoms with van der Waals surface area (Å²) in [4.78, 5) is 29.5.